The Morgan fingerprint density at radius 1 is 0.950 bits per heavy atom. The highest BCUT2D eigenvalue weighted by Crippen LogP contribution is 2.22. The molecule has 20 heavy (non-hydrogen) atoms. The Bertz CT molecular complexity index is 544. The third kappa shape index (κ3) is 2.85. The van der Waals surface area contributed by atoms with Crippen molar-refractivity contribution in [3.05, 3.63) is 53.4 Å². The topological polar surface area (TPSA) is 19.4 Å². The zero-order chi connectivity index (χ0) is 13.9. The average molecular weight is 292 g/mol. The van der Waals surface area contributed by atoms with E-state index in [1.54, 1.807) is 6.07 Å². The summed E-state index contributed by atoms with van der Waals surface area (Å²) in [6.45, 7) is 3.39. The molecule has 1 aromatic heterocycles. The molecule has 1 aromatic carbocycles. The van der Waals surface area contributed by atoms with E-state index in [4.69, 9.17) is 11.6 Å². The highest BCUT2D eigenvalue weighted by Gasteiger charge is 2.18. The Morgan fingerprint density at radius 2 is 1.65 bits per heavy atom. The van der Waals surface area contributed by atoms with Gasteiger partial charge in [0.25, 0.3) is 0 Å². The molecule has 1 aliphatic rings. The van der Waals surface area contributed by atoms with Gasteiger partial charge in [-0.25, -0.2) is 4.98 Å². The van der Waals surface area contributed by atoms with Gasteiger partial charge in [-0.05, 0) is 30.3 Å². The van der Waals surface area contributed by atoms with Crippen molar-refractivity contribution in [3.8, 4) is 0 Å². The van der Waals surface area contributed by atoms with E-state index in [9.17, 15) is 4.39 Å². The van der Waals surface area contributed by atoms with Gasteiger partial charge in [-0.1, -0.05) is 23.7 Å². The quantitative estimate of drug-likeness (QED) is 0.792. The van der Waals surface area contributed by atoms with E-state index in [0.29, 0.717) is 5.82 Å². The van der Waals surface area contributed by atoms with Crippen LogP contribution in [-0.2, 0) is 0 Å². The largest absolute Gasteiger partial charge is 0.368 e. The van der Waals surface area contributed by atoms with E-state index in [2.05, 4.69) is 20.9 Å². The molecule has 1 fully saturated rings. The summed E-state index contributed by atoms with van der Waals surface area (Å²) >= 11 is 6.02. The minimum absolute atomic E-state index is 0.431. The van der Waals surface area contributed by atoms with Gasteiger partial charge in [0, 0.05) is 36.9 Å². The fraction of sp³-hybridized carbons (Fsp3) is 0.267. The third-order valence-corrected chi connectivity index (χ3v) is 3.71. The first kappa shape index (κ1) is 13.2. The van der Waals surface area contributed by atoms with Crippen LogP contribution in [0.3, 0.4) is 0 Å². The summed E-state index contributed by atoms with van der Waals surface area (Å²) in [5.74, 6) is 0.274. The van der Waals surface area contributed by atoms with Gasteiger partial charge >= 0.3 is 0 Å². The summed E-state index contributed by atoms with van der Waals surface area (Å²) in [5.41, 5.74) is 1.13. The van der Waals surface area contributed by atoms with Gasteiger partial charge in [-0.2, -0.15) is 4.39 Å². The summed E-state index contributed by atoms with van der Waals surface area (Å²) in [5, 5.41) is 0.747. The van der Waals surface area contributed by atoms with Crippen molar-refractivity contribution in [2.24, 2.45) is 0 Å². The van der Waals surface area contributed by atoms with Crippen molar-refractivity contribution in [1.82, 2.24) is 4.98 Å². The number of hydrogen-bond acceptors (Lipinski definition) is 3. The summed E-state index contributed by atoms with van der Waals surface area (Å²) in [6.07, 6.45) is 0. The maximum atomic E-state index is 13.1. The average Bonchev–Trinajstić information content (AvgIpc) is 2.47. The highest BCUT2D eigenvalue weighted by atomic mass is 35.5. The Labute approximate surface area is 122 Å². The number of hydrogen-bond donors (Lipinski definition) is 0. The zero-order valence-electron chi connectivity index (χ0n) is 11.0. The maximum Gasteiger partial charge on any atom is 0.214 e. The Balaban J connectivity index is 1.68. The molecule has 0 spiro atoms. The normalized spacial score (nSPS) is 15.5. The number of piperazine rings is 1. The number of rotatable bonds is 2. The molecule has 0 aliphatic carbocycles. The molecule has 0 radical (unpaired) electrons. The zero-order valence-corrected chi connectivity index (χ0v) is 11.7. The van der Waals surface area contributed by atoms with Gasteiger partial charge in [0.2, 0.25) is 5.95 Å². The van der Waals surface area contributed by atoms with Crippen LogP contribution in [0, 0.1) is 5.95 Å². The molecule has 0 atom stereocenters. The lowest BCUT2D eigenvalue weighted by molar-refractivity contribution is 0.575. The van der Waals surface area contributed by atoms with Gasteiger partial charge in [0.1, 0.15) is 5.82 Å². The van der Waals surface area contributed by atoms with Crippen LogP contribution >= 0.6 is 11.6 Å². The van der Waals surface area contributed by atoms with E-state index in [-0.39, 0.29) is 0 Å². The molecule has 5 heteroatoms. The fourth-order valence-corrected chi connectivity index (χ4v) is 2.62. The maximum absolute atomic E-state index is 13.1. The molecule has 0 saturated carbocycles. The lowest BCUT2D eigenvalue weighted by atomic mass is 10.2. The second kappa shape index (κ2) is 5.67. The molecule has 1 aliphatic heterocycles. The second-order valence-corrected chi connectivity index (χ2v) is 5.21. The van der Waals surface area contributed by atoms with Crippen molar-refractivity contribution < 1.29 is 4.39 Å². The van der Waals surface area contributed by atoms with E-state index < -0.39 is 5.95 Å². The predicted octanol–water partition coefficient (Wildman–Crippen LogP) is 3.20. The van der Waals surface area contributed by atoms with Crippen LogP contribution in [0.15, 0.2) is 42.5 Å². The third-order valence-electron chi connectivity index (χ3n) is 3.48. The van der Waals surface area contributed by atoms with Crippen LogP contribution in [0.2, 0.25) is 5.02 Å². The molecular weight excluding hydrogens is 277 g/mol. The summed E-state index contributed by atoms with van der Waals surface area (Å²) in [6, 6.07) is 12.8. The number of halogens is 2. The van der Waals surface area contributed by atoms with E-state index in [0.717, 1.165) is 36.9 Å². The smallest absolute Gasteiger partial charge is 0.214 e. The van der Waals surface area contributed by atoms with Crippen molar-refractivity contribution in [2.45, 2.75) is 0 Å². The van der Waals surface area contributed by atoms with Gasteiger partial charge in [0.15, 0.2) is 0 Å². The number of aromatic nitrogens is 1. The van der Waals surface area contributed by atoms with Crippen LogP contribution in [0.1, 0.15) is 0 Å². The molecule has 2 aromatic rings. The van der Waals surface area contributed by atoms with Crippen molar-refractivity contribution in [2.75, 3.05) is 36.0 Å². The second-order valence-electron chi connectivity index (χ2n) is 4.77. The van der Waals surface area contributed by atoms with Crippen molar-refractivity contribution in [3.63, 3.8) is 0 Å². The van der Waals surface area contributed by atoms with Crippen molar-refractivity contribution >= 4 is 23.1 Å². The Morgan fingerprint density at radius 3 is 2.35 bits per heavy atom. The first-order chi connectivity index (χ1) is 9.72. The van der Waals surface area contributed by atoms with Gasteiger partial charge in [0.05, 0.1) is 0 Å². The fourth-order valence-electron chi connectivity index (χ4n) is 2.44. The van der Waals surface area contributed by atoms with Gasteiger partial charge in [-0.3, -0.25) is 0 Å². The van der Waals surface area contributed by atoms with Crippen molar-refractivity contribution in [1.29, 1.82) is 0 Å². The predicted molar refractivity (Wildman–Crippen MR) is 80.1 cm³/mol. The molecule has 104 valence electrons. The van der Waals surface area contributed by atoms with Gasteiger partial charge < -0.3 is 9.80 Å². The van der Waals surface area contributed by atoms with E-state index >= 15 is 0 Å². The standard InChI is InChI=1S/C15H15ClFN3/c16-12-3-1-4-13(11-12)19-7-9-20(10-8-19)15-6-2-5-14(17)18-15/h1-6,11H,7-10H2. The Kier molecular flexibility index (Phi) is 3.74. The first-order valence-corrected chi connectivity index (χ1v) is 6.98. The molecule has 0 unspecified atom stereocenters. The molecule has 3 nitrogen and oxygen atoms in total. The molecular formula is C15H15ClFN3. The van der Waals surface area contributed by atoms with E-state index in [1.165, 1.54) is 6.07 Å². The molecule has 0 bridgehead atoms. The summed E-state index contributed by atoms with van der Waals surface area (Å²) in [4.78, 5) is 8.31. The lowest BCUT2D eigenvalue weighted by Gasteiger charge is -2.36. The molecule has 3 rings (SSSR count). The van der Waals surface area contributed by atoms with E-state index in [1.807, 2.05) is 24.3 Å². The number of benzene rings is 1. The van der Waals surface area contributed by atoms with Crippen LogP contribution in [0.5, 0.6) is 0 Å². The monoisotopic (exact) mass is 291 g/mol. The SMILES string of the molecule is Fc1cccc(N2CCN(c3cccc(Cl)c3)CC2)n1. The Hall–Kier alpha value is -1.81. The summed E-state index contributed by atoms with van der Waals surface area (Å²) < 4.78 is 13.1. The van der Waals surface area contributed by atoms with Crippen LogP contribution < -0.4 is 9.80 Å². The number of nitrogens with zero attached hydrogens (tertiary/aromatic N) is 3. The molecule has 0 amide bonds. The van der Waals surface area contributed by atoms with Gasteiger partial charge in [-0.15, -0.1) is 0 Å². The minimum Gasteiger partial charge on any atom is -0.368 e. The van der Waals surface area contributed by atoms with Crippen LogP contribution in [0.25, 0.3) is 0 Å². The number of pyridine rings is 1. The van der Waals surface area contributed by atoms with Crippen LogP contribution in [0.4, 0.5) is 15.9 Å². The molecule has 1 saturated heterocycles. The summed E-state index contributed by atoms with van der Waals surface area (Å²) in [7, 11) is 0. The highest BCUT2D eigenvalue weighted by molar-refractivity contribution is 6.30. The minimum atomic E-state index is -0.431. The molecule has 2 heterocycles. The lowest BCUT2D eigenvalue weighted by Crippen LogP contribution is -2.46. The van der Waals surface area contributed by atoms with Crippen LogP contribution in [-0.4, -0.2) is 31.2 Å². The number of anilines is 2. The first-order valence-electron chi connectivity index (χ1n) is 6.60. The molecule has 0 N–H and O–H groups in total.